The standard InChI is InChI=1S/C14H24N2O4/c1-3-6-14(12(17)18)7-4-8-16(14)13(19)15-9-5-11(10-15)20-2/h11H,3-10H2,1-2H3,(H,17,18). The van der Waals surface area contributed by atoms with Gasteiger partial charge in [0.15, 0.2) is 0 Å². The summed E-state index contributed by atoms with van der Waals surface area (Å²) < 4.78 is 5.27. The lowest BCUT2D eigenvalue weighted by atomic mass is 9.91. The van der Waals surface area contributed by atoms with Crippen LogP contribution in [0.15, 0.2) is 0 Å². The third kappa shape index (κ3) is 2.49. The first-order valence-electron chi connectivity index (χ1n) is 7.38. The van der Waals surface area contributed by atoms with Gasteiger partial charge in [0.25, 0.3) is 0 Å². The van der Waals surface area contributed by atoms with Crippen molar-refractivity contribution in [2.24, 2.45) is 0 Å². The van der Waals surface area contributed by atoms with Gasteiger partial charge in [0.2, 0.25) is 0 Å². The Morgan fingerprint density at radius 2 is 2.15 bits per heavy atom. The monoisotopic (exact) mass is 284 g/mol. The van der Waals surface area contributed by atoms with E-state index >= 15 is 0 Å². The number of carbonyl (C=O) groups excluding carboxylic acids is 1. The second kappa shape index (κ2) is 5.99. The molecule has 0 radical (unpaired) electrons. The Morgan fingerprint density at radius 3 is 2.70 bits per heavy atom. The molecular formula is C14H24N2O4. The molecule has 2 unspecified atom stereocenters. The predicted molar refractivity (Wildman–Crippen MR) is 73.6 cm³/mol. The van der Waals surface area contributed by atoms with Crippen LogP contribution in [0.2, 0.25) is 0 Å². The van der Waals surface area contributed by atoms with Crippen LogP contribution in [0.3, 0.4) is 0 Å². The van der Waals surface area contributed by atoms with Crippen LogP contribution in [-0.2, 0) is 9.53 Å². The summed E-state index contributed by atoms with van der Waals surface area (Å²) in [7, 11) is 1.65. The maximum Gasteiger partial charge on any atom is 0.329 e. The first-order valence-corrected chi connectivity index (χ1v) is 7.38. The summed E-state index contributed by atoms with van der Waals surface area (Å²) in [5.41, 5.74) is -1.00. The average Bonchev–Trinajstić information content (AvgIpc) is 3.05. The Morgan fingerprint density at radius 1 is 1.40 bits per heavy atom. The van der Waals surface area contributed by atoms with Crippen molar-refractivity contribution in [1.29, 1.82) is 0 Å². The predicted octanol–water partition coefficient (Wildman–Crippen LogP) is 1.55. The number of methoxy groups -OCH3 is 1. The Balaban J connectivity index is 2.13. The van der Waals surface area contributed by atoms with E-state index in [9.17, 15) is 14.7 Å². The maximum atomic E-state index is 12.6. The van der Waals surface area contributed by atoms with Crippen molar-refractivity contribution in [3.63, 3.8) is 0 Å². The Kier molecular flexibility index (Phi) is 4.52. The van der Waals surface area contributed by atoms with Crippen molar-refractivity contribution in [2.45, 2.75) is 50.7 Å². The molecule has 2 saturated heterocycles. The van der Waals surface area contributed by atoms with Crippen LogP contribution in [0.25, 0.3) is 0 Å². The minimum absolute atomic E-state index is 0.0759. The van der Waals surface area contributed by atoms with Gasteiger partial charge in [-0.25, -0.2) is 9.59 Å². The first kappa shape index (κ1) is 15.1. The first-order chi connectivity index (χ1) is 9.55. The smallest absolute Gasteiger partial charge is 0.329 e. The van der Waals surface area contributed by atoms with E-state index in [-0.39, 0.29) is 12.1 Å². The van der Waals surface area contributed by atoms with Crippen LogP contribution >= 0.6 is 0 Å². The molecule has 2 aliphatic rings. The van der Waals surface area contributed by atoms with Gasteiger partial charge in [0.05, 0.1) is 6.10 Å². The number of hydrogen-bond acceptors (Lipinski definition) is 3. The molecule has 0 aromatic heterocycles. The van der Waals surface area contributed by atoms with Gasteiger partial charge >= 0.3 is 12.0 Å². The molecule has 2 heterocycles. The molecule has 2 atom stereocenters. The van der Waals surface area contributed by atoms with Gasteiger partial charge in [-0.15, -0.1) is 0 Å². The lowest BCUT2D eigenvalue weighted by molar-refractivity contribution is -0.148. The normalized spacial score (nSPS) is 30.0. The summed E-state index contributed by atoms with van der Waals surface area (Å²) in [5, 5.41) is 9.62. The number of nitrogens with zero attached hydrogens (tertiary/aromatic N) is 2. The van der Waals surface area contributed by atoms with Gasteiger partial charge < -0.3 is 19.6 Å². The van der Waals surface area contributed by atoms with Crippen LogP contribution in [0.5, 0.6) is 0 Å². The van der Waals surface area contributed by atoms with Crippen LogP contribution in [0, 0.1) is 0 Å². The van der Waals surface area contributed by atoms with E-state index in [0.717, 1.165) is 19.3 Å². The number of amides is 2. The number of ether oxygens (including phenoxy) is 1. The lowest BCUT2D eigenvalue weighted by Gasteiger charge is -2.37. The van der Waals surface area contributed by atoms with E-state index in [2.05, 4.69) is 0 Å². The molecule has 0 aromatic rings. The number of likely N-dealkylation sites (tertiary alicyclic amines) is 2. The number of urea groups is 1. The van der Waals surface area contributed by atoms with Crippen molar-refractivity contribution in [3.8, 4) is 0 Å². The number of carbonyl (C=O) groups is 2. The molecule has 2 fully saturated rings. The lowest BCUT2D eigenvalue weighted by Crippen LogP contribution is -2.56. The molecule has 0 bridgehead atoms. The average molecular weight is 284 g/mol. The van der Waals surface area contributed by atoms with E-state index in [1.165, 1.54) is 0 Å². The highest BCUT2D eigenvalue weighted by Crippen LogP contribution is 2.35. The van der Waals surface area contributed by atoms with Crippen LogP contribution in [0.1, 0.15) is 39.0 Å². The minimum atomic E-state index is -1.00. The zero-order valence-electron chi connectivity index (χ0n) is 12.3. The fourth-order valence-electron chi connectivity index (χ4n) is 3.43. The Labute approximate surface area is 119 Å². The highest BCUT2D eigenvalue weighted by Gasteiger charge is 2.50. The zero-order chi connectivity index (χ0) is 14.8. The number of aliphatic carboxylic acids is 1. The molecule has 0 saturated carbocycles. The number of carboxylic acids is 1. The minimum Gasteiger partial charge on any atom is -0.479 e. The summed E-state index contributed by atoms with van der Waals surface area (Å²) >= 11 is 0. The molecule has 0 spiro atoms. The van der Waals surface area contributed by atoms with Crippen molar-refractivity contribution >= 4 is 12.0 Å². The fraction of sp³-hybridized carbons (Fsp3) is 0.857. The van der Waals surface area contributed by atoms with Crippen molar-refractivity contribution in [2.75, 3.05) is 26.7 Å². The molecule has 0 aromatic carbocycles. The van der Waals surface area contributed by atoms with Crippen LogP contribution in [0.4, 0.5) is 4.79 Å². The number of rotatable bonds is 4. The van der Waals surface area contributed by atoms with E-state index in [1.807, 2.05) is 6.92 Å². The second-order valence-electron chi connectivity index (χ2n) is 5.72. The molecule has 1 N–H and O–H groups in total. The molecule has 2 aliphatic heterocycles. The van der Waals surface area contributed by atoms with E-state index in [1.54, 1.807) is 16.9 Å². The van der Waals surface area contributed by atoms with Gasteiger partial charge in [-0.05, 0) is 25.7 Å². The summed E-state index contributed by atoms with van der Waals surface area (Å²) in [6, 6.07) is -0.141. The van der Waals surface area contributed by atoms with E-state index in [0.29, 0.717) is 32.5 Å². The van der Waals surface area contributed by atoms with Crippen LogP contribution in [-0.4, -0.2) is 65.3 Å². The van der Waals surface area contributed by atoms with Crippen LogP contribution < -0.4 is 0 Å². The molecule has 0 aliphatic carbocycles. The highest BCUT2D eigenvalue weighted by atomic mass is 16.5. The molecular weight excluding hydrogens is 260 g/mol. The topological polar surface area (TPSA) is 70.1 Å². The highest BCUT2D eigenvalue weighted by molar-refractivity contribution is 5.87. The second-order valence-corrected chi connectivity index (χ2v) is 5.72. The maximum absolute atomic E-state index is 12.6. The molecule has 6 nitrogen and oxygen atoms in total. The van der Waals surface area contributed by atoms with Gasteiger partial charge in [0.1, 0.15) is 5.54 Å². The summed E-state index contributed by atoms with van der Waals surface area (Å²) in [5.74, 6) is -0.868. The SMILES string of the molecule is CCCC1(C(=O)O)CCCN1C(=O)N1CCC(OC)C1. The Hall–Kier alpha value is -1.30. The third-order valence-corrected chi connectivity index (χ3v) is 4.53. The van der Waals surface area contributed by atoms with Gasteiger partial charge in [0, 0.05) is 26.7 Å². The van der Waals surface area contributed by atoms with Gasteiger partial charge in [-0.3, -0.25) is 0 Å². The molecule has 114 valence electrons. The number of hydrogen-bond donors (Lipinski definition) is 1. The van der Waals surface area contributed by atoms with Crippen molar-refractivity contribution in [3.05, 3.63) is 0 Å². The van der Waals surface area contributed by atoms with E-state index < -0.39 is 11.5 Å². The van der Waals surface area contributed by atoms with E-state index in [4.69, 9.17) is 4.74 Å². The number of carboxylic acid groups (broad SMARTS) is 1. The van der Waals surface area contributed by atoms with Gasteiger partial charge in [-0.1, -0.05) is 13.3 Å². The fourth-order valence-corrected chi connectivity index (χ4v) is 3.43. The Bertz CT molecular complexity index is 387. The zero-order valence-corrected chi connectivity index (χ0v) is 12.3. The van der Waals surface area contributed by atoms with Crippen molar-refractivity contribution < 1.29 is 19.4 Å². The summed E-state index contributed by atoms with van der Waals surface area (Å²) in [6.07, 6.45) is 3.51. The molecule has 20 heavy (non-hydrogen) atoms. The summed E-state index contributed by atoms with van der Waals surface area (Å²) in [6.45, 7) is 3.71. The third-order valence-electron chi connectivity index (χ3n) is 4.53. The molecule has 2 amide bonds. The molecule has 2 rings (SSSR count). The van der Waals surface area contributed by atoms with Crippen molar-refractivity contribution in [1.82, 2.24) is 9.80 Å². The molecule has 6 heteroatoms. The quantitative estimate of drug-likeness (QED) is 0.850. The van der Waals surface area contributed by atoms with Gasteiger partial charge in [-0.2, -0.15) is 0 Å². The largest absolute Gasteiger partial charge is 0.479 e. The summed E-state index contributed by atoms with van der Waals surface area (Å²) in [4.78, 5) is 27.7.